The van der Waals surface area contributed by atoms with Crippen LogP contribution in [-0.2, 0) is 33.6 Å². The number of fused-ring (bicyclic) bond motifs is 3. The number of likely N-dealkylation sites (N-methyl/N-ethyl adjacent to an activating group) is 8. The van der Waals surface area contributed by atoms with Crippen molar-refractivity contribution in [2.45, 2.75) is 223 Å². The predicted octanol–water partition coefficient (Wildman–Crippen LogP) is 7.46. The molecule has 4 aromatic rings. The van der Waals surface area contributed by atoms with Gasteiger partial charge in [0.2, 0.25) is 35.4 Å². The zero-order valence-corrected chi connectivity index (χ0v) is 67.9. The van der Waals surface area contributed by atoms with Gasteiger partial charge in [0.15, 0.2) is 5.78 Å². The summed E-state index contributed by atoms with van der Waals surface area (Å²) in [5.74, 6) is 1.84. The minimum Gasteiger partial charge on any atom is -0.386 e. The molecule has 1 saturated carbocycles. The van der Waals surface area contributed by atoms with Crippen molar-refractivity contribution in [2.24, 2.45) is 5.92 Å². The van der Waals surface area contributed by atoms with Crippen LogP contribution in [0.25, 0.3) is 11.1 Å². The number of likely N-dealkylation sites (tertiary alicyclic amines) is 7. The summed E-state index contributed by atoms with van der Waals surface area (Å²) in [5.41, 5.74) is 6.55. The molecule has 23 nitrogen and oxygen atoms in total. The number of ketones is 1. The Hall–Kier alpha value is -7.29. The average Bonchev–Trinajstić information content (AvgIpc) is 1.61. The summed E-state index contributed by atoms with van der Waals surface area (Å²) in [6.07, 6.45) is 16.0. The first-order valence-electron chi connectivity index (χ1n) is 40.5. The van der Waals surface area contributed by atoms with E-state index in [1.165, 1.54) is 35.1 Å². The Bertz CT molecular complexity index is 3350. The molecule has 4 aromatic carbocycles. The predicted molar refractivity (Wildman–Crippen MR) is 435 cm³/mol. The van der Waals surface area contributed by atoms with Gasteiger partial charge in [-0.3, -0.25) is 63.0 Å². The average molecular weight is 1510 g/mol. The molecule has 8 fully saturated rings. The van der Waals surface area contributed by atoms with E-state index in [2.05, 4.69) is 124 Å². The molecule has 109 heavy (non-hydrogen) atoms. The third-order valence-electron chi connectivity index (χ3n) is 22.8. The number of hydrogen-bond acceptors (Lipinski definition) is 17. The summed E-state index contributed by atoms with van der Waals surface area (Å²) in [6, 6.07) is 35.7. The quantitative estimate of drug-likeness (QED) is 0.0413. The molecule has 7 heterocycles. The number of Topliss-reactive ketones (excluding diaryl/α,β-unsaturated/α-hetero) is 1. The van der Waals surface area contributed by atoms with Crippen LogP contribution in [-0.4, -0.2) is 267 Å². The molecule has 2 unspecified atom stereocenters. The van der Waals surface area contributed by atoms with E-state index in [-0.39, 0.29) is 102 Å². The van der Waals surface area contributed by atoms with Gasteiger partial charge >= 0.3 is 0 Å². The van der Waals surface area contributed by atoms with Crippen molar-refractivity contribution in [3.8, 4) is 11.1 Å². The molecule has 7 saturated heterocycles. The maximum Gasteiger partial charge on any atom is 0.239 e. The number of aliphatic hydroxyl groups excluding tert-OH is 2. The number of benzene rings is 4. The highest BCUT2D eigenvalue weighted by atomic mass is 16.3. The summed E-state index contributed by atoms with van der Waals surface area (Å²) in [6.45, 7) is 25.0. The van der Waals surface area contributed by atoms with E-state index in [9.17, 15) is 43.8 Å². The molecular weight excluding hydrogens is 1370 g/mol. The van der Waals surface area contributed by atoms with E-state index in [1.54, 1.807) is 6.08 Å². The van der Waals surface area contributed by atoms with Gasteiger partial charge in [-0.05, 0) is 258 Å². The highest BCUT2D eigenvalue weighted by Crippen LogP contribution is 2.43. The lowest BCUT2D eigenvalue weighted by atomic mass is 9.82. The maximum atomic E-state index is 12.7. The Morgan fingerprint density at radius 1 is 0.477 bits per heavy atom. The standard InChI is InChI=1S/C19H20N2O.2C15H22N2O2.C10H20N2O.C9H16N2O.C9H18N2O.C9H16N2O/c1-21-12-6-11-17(21)19(22)20-18-15-9-4-2-7-13(15)14-8-3-5-10-16(14)18;2*1-11(14(18)12-7-4-3-5-8-12)16-15(19)13-9-6-10-17(13)2;1-4-12-9-6-7(2)5-8(11-3)10(9)13;1-10-5-2-4-8(10)9(12)11-6-3-7-11;1-7(2)10-9(12)8-5-4-6-11(8)3;1-3-6-10-9(12)8-5-4-7-11(8)2/h2-5,7-10,17-18H,6,11-12H2,1H3,(H,20,22);2*3-5,7-8,11,13-14,18H,6,9-10H2,1-2H3,(H,16,19);7-9,11-12H,4-6H2,1-3H3;8H,2-7H2,1H3;7-8H,4-6H2,1-3H3,(H,10,12);3,8H,1,4-7H2,2H3,(H,10,12)/t17-;11-,13+,14-;11-,13-,14+;7?,8-,9?;3*8-/m0101000/s1. The molecule has 6 amide bonds. The normalized spacial score (nSPS) is 25.1. The molecular formula is C86H134N14O9. The first-order chi connectivity index (χ1) is 52.3. The fourth-order valence-corrected chi connectivity index (χ4v) is 16.1. The molecule has 9 aliphatic rings. The number of hydrogen-bond donors (Lipinski definition) is 9. The topological polar surface area (TPSA) is 267 Å². The number of aliphatic hydroxyl groups is 2. The van der Waals surface area contributed by atoms with Gasteiger partial charge in [-0.25, -0.2) is 0 Å². The van der Waals surface area contributed by atoms with Crippen LogP contribution in [0.3, 0.4) is 0 Å². The highest BCUT2D eigenvalue weighted by Gasteiger charge is 2.38. The van der Waals surface area contributed by atoms with Crippen LogP contribution in [0.4, 0.5) is 0 Å². The number of carbonyl (C=O) groups is 7. The maximum absolute atomic E-state index is 12.7. The van der Waals surface area contributed by atoms with Crippen molar-refractivity contribution in [3.05, 3.63) is 144 Å². The van der Waals surface area contributed by atoms with Crippen molar-refractivity contribution in [3.63, 3.8) is 0 Å². The van der Waals surface area contributed by atoms with Gasteiger partial charge in [-0.1, -0.05) is 129 Å². The Morgan fingerprint density at radius 2 is 0.835 bits per heavy atom. The monoisotopic (exact) mass is 1510 g/mol. The third-order valence-corrected chi connectivity index (χ3v) is 22.8. The van der Waals surface area contributed by atoms with Crippen LogP contribution >= 0.6 is 0 Å². The van der Waals surface area contributed by atoms with E-state index in [1.807, 2.05) is 155 Å². The molecule has 9 N–H and O–H groups in total. The minimum atomic E-state index is -0.670. The van der Waals surface area contributed by atoms with Crippen LogP contribution in [0.2, 0.25) is 0 Å². The Balaban J connectivity index is 0.000000179. The second kappa shape index (κ2) is 45.3. The second-order valence-electron chi connectivity index (χ2n) is 31.6. The molecule has 7 aliphatic heterocycles. The molecule has 602 valence electrons. The molecule has 13 atom stereocenters. The van der Waals surface area contributed by atoms with E-state index < -0.39 is 12.2 Å². The summed E-state index contributed by atoms with van der Waals surface area (Å²) in [7, 11) is 13.9. The van der Waals surface area contributed by atoms with E-state index in [0.717, 1.165) is 154 Å². The van der Waals surface area contributed by atoms with Gasteiger partial charge in [0, 0.05) is 25.7 Å². The van der Waals surface area contributed by atoms with Crippen LogP contribution in [0, 0.1) is 5.92 Å². The van der Waals surface area contributed by atoms with E-state index in [4.69, 9.17) is 0 Å². The Kier molecular flexibility index (Phi) is 36.9. The van der Waals surface area contributed by atoms with Crippen molar-refractivity contribution in [2.75, 3.05) is 115 Å². The molecule has 0 bridgehead atoms. The largest absolute Gasteiger partial charge is 0.386 e. The molecule has 23 heteroatoms. The second-order valence-corrected chi connectivity index (χ2v) is 31.6. The molecule has 0 aromatic heterocycles. The lowest BCUT2D eigenvalue weighted by Gasteiger charge is -2.34. The SMILES string of the molecule is C=CCNC(=O)[C@@H]1CCCN1C.CC(C)NC(=O)[C@@H]1CCCN1C.CCNC1CC(C)C[C@@H](NC)C1=O.CN1CCC[C@H]1C(=O)N1CCC1.CN1CCC[C@H]1C(=O)NC1c2ccccc2-c2ccccc21.C[C@@H](NC(=O)[C@@H]1CCCN1C)[C@@H](O)c1ccccc1.C[C@H](NC(=O)[C@@H]1CCCN1C)[C@@H](O)c1ccccc1. The number of amides is 6. The summed E-state index contributed by atoms with van der Waals surface area (Å²) >= 11 is 0. The molecule has 0 radical (unpaired) electrons. The van der Waals surface area contributed by atoms with Crippen molar-refractivity contribution >= 4 is 41.2 Å². The fraction of sp³-hybridized carbons (Fsp3) is 0.616. The highest BCUT2D eigenvalue weighted by molar-refractivity contribution is 5.90. The third kappa shape index (κ3) is 26.2. The van der Waals surface area contributed by atoms with E-state index in [0.29, 0.717) is 24.2 Å². The van der Waals surface area contributed by atoms with Crippen LogP contribution in [0.5, 0.6) is 0 Å². The Labute approximate surface area is 651 Å². The van der Waals surface area contributed by atoms with Gasteiger partial charge < -0.3 is 52.3 Å². The van der Waals surface area contributed by atoms with Gasteiger partial charge in [0.25, 0.3) is 0 Å². The lowest BCUT2D eigenvalue weighted by molar-refractivity contribution is -0.139. The number of nitrogens with zero attached hydrogens (tertiary/aromatic N) is 7. The van der Waals surface area contributed by atoms with Gasteiger partial charge in [-0.15, -0.1) is 6.58 Å². The van der Waals surface area contributed by atoms with Crippen LogP contribution in [0.1, 0.15) is 178 Å². The number of nitrogens with one attached hydrogen (secondary N) is 7. The first-order valence-corrected chi connectivity index (χ1v) is 40.5. The van der Waals surface area contributed by atoms with E-state index >= 15 is 0 Å². The molecule has 2 aliphatic carbocycles. The smallest absolute Gasteiger partial charge is 0.239 e. The van der Waals surface area contributed by atoms with Crippen molar-refractivity contribution in [1.29, 1.82) is 0 Å². The summed E-state index contributed by atoms with van der Waals surface area (Å²) in [4.78, 5) is 98.0. The number of carbonyl (C=O) groups excluding carboxylic acids is 7. The molecule has 0 spiro atoms. The van der Waals surface area contributed by atoms with Gasteiger partial charge in [-0.2, -0.15) is 0 Å². The number of rotatable bonds is 19. The van der Waals surface area contributed by atoms with Crippen molar-refractivity contribution < 1.29 is 43.8 Å². The van der Waals surface area contributed by atoms with Gasteiger partial charge in [0.1, 0.15) is 0 Å². The Morgan fingerprint density at radius 3 is 1.18 bits per heavy atom. The first kappa shape index (κ1) is 88.9. The van der Waals surface area contributed by atoms with Crippen molar-refractivity contribution in [1.82, 2.24) is 71.5 Å². The zero-order valence-electron chi connectivity index (χ0n) is 67.9. The summed E-state index contributed by atoms with van der Waals surface area (Å²) < 4.78 is 0. The minimum absolute atomic E-state index is 0.0138. The summed E-state index contributed by atoms with van der Waals surface area (Å²) in [5, 5.41) is 41.6. The van der Waals surface area contributed by atoms with Crippen LogP contribution in [0.15, 0.2) is 122 Å². The van der Waals surface area contributed by atoms with Crippen LogP contribution < -0.4 is 37.2 Å². The fourth-order valence-electron chi connectivity index (χ4n) is 16.1. The van der Waals surface area contributed by atoms with Gasteiger partial charge in [0.05, 0.1) is 78.7 Å². The molecule has 13 rings (SSSR count). The zero-order chi connectivity index (χ0) is 79.3. The lowest BCUT2D eigenvalue weighted by Crippen LogP contribution is -2.52.